The van der Waals surface area contributed by atoms with Crippen LogP contribution in [-0.2, 0) is 11.3 Å². The first kappa shape index (κ1) is 24.9. The van der Waals surface area contributed by atoms with Gasteiger partial charge in [-0.2, -0.15) is 4.80 Å². The van der Waals surface area contributed by atoms with Crippen LogP contribution in [-0.4, -0.2) is 53.7 Å². The number of hydrogen-bond acceptors (Lipinski definition) is 6. The highest BCUT2D eigenvalue weighted by molar-refractivity contribution is 6.00. The van der Waals surface area contributed by atoms with Crippen molar-refractivity contribution in [1.29, 1.82) is 0 Å². The molecular formula is C24H24F2N4O4. The summed E-state index contributed by atoms with van der Waals surface area (Å²) in [5, 5.41) is 41.4. The quantitative estimate of drug-likeness (QED) is 0.389. The summed E-state index contributed by atoms with van der Waals surface area (Å²) >= 11 is 0. The number of aliphatic hydroxyl groups is 2. The van der Waals surface area contributed by atoms with Crippen LogP contribution >= 0.6 is 0 Å². The third kappa shape index (κ3) is 6.63. The van der Waals surface area contributed by atoms with Gasteiger partial charge in [-0.15, -0.1) is 10.2 Å². The first-order valence-corrected chi connectivity index (χ1v) is 10.6. The summed E-state index contributed by atoms with van der Waals surface area (Å²) in [5.41, 5.74) is 2.11. The number of rotatable bonds is 10. The molecule has 178 valence electrons. The summed E-state index contributed by atoms with van der Waals surface area (Å²) in [7, 11) is 0. The molecule has 8 nitrogen and oxygen atoms in total. The first-order chi connectivity index (χ1) is 16.3. The SMILES string of the molecule is CCn1nnc(C(/C=C/[C@@H](O)C[C@@H](O)CC(=O)O)=C(c2ccc(F)cc2)c2ccc(F)cc2)n1. The standard InChI is InChI=1S/C24H24F2N4O4/c1-2-30-28-24(27-29-30)21(12-11-19(31)13-20(32)14-22(33)34)23(15-3-7-17(25)8-4-15)16-5-9-18(26)10-6-16/h3-12,19-20,31-32H,2,13-14H2,1H3,(H,33,34)/b12-11+/t19-,20-/m1/s1. The molecule has 0 unspecified atom stereocenters. The Hall–Kier alpha value is -3.76. The highest BCUT2D eigenvalue weighted by Gasteiger charge is 2.18. The number of hydrogen-bond donors (Lipinski definition) is 3. The minimum atomic E-state index is -1.24. The second-order valence-electron chi connectivity index (χ2n) is 7.52. The Labute approximate surface area is 194 Å². The van der Waals surface area contributed by atoms with Crippen LogP contribution in [0, 0.1) is 11.6 Å². The maximum Gasteiger partial charge on any atom is 0.305 e. The minimum Gasteiger partial charge on any atom is -0.481 e. The molecule has 3 rings (SSSR count). The van der Waals surface area contributed by atoms with Gasteiger partial charge >= 0.3 is 5.97 Å². The van der Waals surface area contributed by atoms with Gasteiger partial charge in [-0.3, -0.25) is 4.79 Å². The minimum absolute atomic E-state index is 0.201. The van der Waals surface area contributed by atoms with E-state index in [1.54, 1.807) is 24.3 Å². The van der Waals surface area contributed by atoms with Gasteiger partial charge in [0.2, 0.25) is 5.82 Å². The summed E-state index contributed by atoms with van der Waals surface area (Å²) in [4.78, 5) is 12.1. The Morgan fingerprint density at radius 3 is 2.06 bits per heavy atom. The molecule has 0 bridgehead atoms. The van der Waals surface area contributed by atoms with Crippen LogP contribution in [0.3, 0.4) is 0 Å². The van der Waals surface area contributed by atoms with Gasteiger partial charge < -0.3 is 15.3 Å². The Kier molecular flexibility index (Phi) is 8.34. The van der Waals surface area contributed by atoms with Crippen LogP contribution in [0.4, 0.5) is 8.78 Å². The topological polar surface area (TPSA) is 121 Å². The van der Waals surface area contributed by atoms with Crippen molar-refractivity contribution < 1.29 is 28.9 Å². The Bertz CT molecular complexity index is 1130. The number of tetrazole rings is 1. The molecule has 0 fully saturated rings. The van der Waals surface area contributed by atoms with Crippen molar-refractivity contribution in [2.75, 3.05) is 0 Å². The van der Waals surface area contributed by atoms with Crippen LogP contribution in [0.2, 0.25) is 0 Å². The fourth-order valence-electron chi connectivity index (χ4n) is 3.31. The molecule has 1 heterocycles. The summed E-state index contributed by atoms with van der Waals surface area (Å²) in [6, 6.07) is 11.4. The van der Waals surface area contributed by atoms with Crippen molar-refractivity contribution in [3.05, 3.63) is 89.3 Å². The fourth-order valence-corrected chi connectivity index (χ4v) is 3.31. The van der Waals surface area contributed by atoms with Gasteiger partial charge in [0.25, 0.3) is 0 Å². The number of benzene rings is 2. The fraction of sp³-hybridized carbons (Fsp3) is 0.250. The maximum atomic E-state index is 13.6. The monoisotopic (exact) mass is 470 g/mol. The molecule has 0 aliphatic carbocycles. The van der Waals surface area contributed by atoms with Crippen molar-refractivity contribution in [1.82, 2.24) is 20.2 Å². The van der Waals surface area contributed by atoms with E-state index in [2.05, 4.69) is 15.4 Å². The van der Waals surface area contributed by atoms with E-state index >= 15 is 0 Å². The predicted molar refractivity (Wildman–Crippen MR) is 120 cm³/mol. The van der Waals surface area contributed by atoms with E-state index in [1.165, 1.54) is 41.2 Å². The molecule has 0 radical (unpaired) electrons. The van der Waals surface area contributed by atoms with Crippen molar-refractivity contribution in [3.63, 3.8) is 0 Å². The molecule has 0 saturated carbocycles. The summed E-state index contributed by atoms with van der Waals surface area (Å²) in [6.45, 7) is 2.29. The number of carboxylic acid groups (broad SMARTS) is 1. The van der Waals surface area contributed by atoms with Gasteiger partial charge in [-0.05, 0) is 47.5 Å². The average Bonchev–Trinajstić information content (AvgIpc) is 3.27. The highest BCUT2D eigenvalue weighted by Crippen LogP contribution is 2.32. The number of aliphatic carboxylic acids is 1. The van der Waals surface area contributed by atoms with Gasteiger partial charge in [-0.25, -0.2) is 8.78 Å². The van der Waals surface area contributed by atoms with Crippen LogP contribution in [0.15, 0.2) is 60.7 Å². The van der Waals surface area contributed by atoms with Gasteiger partial charge in [0.1, 0.15) is 11.6 Å². The number of carboxylic acids is 1. The molecule has 0 amide bonds. The van der Waals surface area contributed by atoms with Crippen LogP contribution in [0.25, 0.3) is 11.1 Å². The lowest BCUT2D eigenvalue weighted by Crippen LogP contribution is -2.19. The van der Waals surface area contributed by atoms with Crippen molar-refractivity contribution in [3.8, 4) is 0 Å². The lowest BCUT2D eigenvalue weighted by molar-refractivity contribution is -0.139. The molecule has 3 aromatic rings. The predicted octanol–water partition coefficient (Wildman–Crippen LogP) is 3.07. The van der Waals surface area contributed by atoms with Crippen molar-refractivity contribution >= 4 is 17.1 Å². The molecule has 2 atom stereocenters. The van der Waals surface area contributed by atoms with Crippen molar-refractivity contribution in [2.45, 2.75) is 38.5 Å². The molecule has 0 aliphatic heterocycles. The maximum absolute atomic E-state index is 13.6. The van der Waals surface area contributed by atoms with E-state index in [0.717, 1.165) is 0 Å². The van der Waals surface area contributed by atoms with E-state index < -0.39 is 36.2 Å². The molecular weight excluding hydrogens is 446 g/mol. The van der Waals surface area contributed by atoms with Gasteiger partial charge in [0.05, 0.1) is 25.2 Å². The van der Waals surface area contributed by atoms with Crippen LogP contribution in [0.1, 0.15) is 36.7 Å². The van der Waals surface area contributed by atoms with Gasteiger partial charge in [0, 0.05) is 17.6 Å². The number of halogens is 2. The zero-order valence-corrected chi connectivity index (χ0v) is 18.3. The number of carbonyl (C=O) groups is 1. The van der Waals surface area contributed by atoms with E-state index in [1.807, 2.05) is 6.92 Å². The zero-order chi connectivity index (χ0) is 24.7. The van der Waals surface area contributed by atoms with Crippen LogP contribution < -0.4 is 0 Å². The Morgan fingerprint density at radius 2 is 1.59 bits per heavy atom. The molecule has 0 saturated heterocycles. The normalized spacial score (nSPS) is 13.1. The number of nitrogens with zero attached hydrogens (tertiary/aromatic N) is 4. The smallest absolute Gasteiger partial charge is 0.305 e. The van der Waals surface area contributed by atoms with Crippen molar-refractivity contribution in [2.24, 2.45) is 0 Å². The van der Waals surface area contributed by atoms with E-state index in [0.29, 0.717) is 28.8 Å². The Balaban J connectivity index is 2.14. The van der Waals surface area contributed by atoms with Gasteiger partial charge in [0.15, 0.2) is 0 Å². The molecule has 10 heteroatoms. The molecule has 3 N–H and O–H groups in total. The third-order valence-electron chi connectivity index (χ3n) is 4.92. The van der Waals surface area contributed by atoms with E-state index in [-0.39, 0.29) is 12.2 Å². The molecule has 0 aliphatic rings. The molecule has 1 aromatic heterocycles. The summed E-state index contributed by atoms with van der Waals surface area (Å²) in [6.07, 6.45) is -0.216. The van der Waals surface area contributed by atoms with E-state index in [9.17, 15) is 23.8 Å². The third-order valence-corrected chi connectivity index (χ3v) is 4.92. The van der Waals surface area contributed by atoms with Crippen LogP contribution in [0.5, 0.6) is 0 Å². The molecule has 2 aromatic carbocycles. The lowest BCUT2D eigenvalue weighted by atomic mass is 9.92. The second-order valence-corrected chi connectivity index (χ2v) is 7.52. The average molecular weight is 470 g/mol. The van der Waals surface area contributed by atoms with E-state index in [4.69, 9.17) is 5.11 Å². The largest absolute Gasteiger partial charge is 0.481 e. The lowest BCUT2D eigenvalue weighted by Gasteiger charge is -2.14. The first-order valence-electron chi connectivity index (χ1n) is 10.6. The number of aromatic nitrogens is 4. The number of allylic oxidation sites excluding steroid dienone is 2. The number of aryl methyl sites for hydroxylation is 1. The molecule has 34 heavy (non-hydrogen) atoms. The number of aliphatic hydroxyl groups excluding tert-OH is 2. The zero-order valence-electron chi connectivity index (χ0n) is 18.3. The second kappa shape index (κ2) is 11.4. The summed E-state index contributed by atoms with van der Waals surface area (Å²) < 4.78 is 27.3. The van der Waals surface area contributed by atoms with Gasteiger partial charge in [-0.1, -0.05) is 36.4 Å². The molecule has 0 spiro atoms. The summed E-state index contributed by atoms with van der Waals surface area (Å²) in [5.74, 6) is -1.84. The Morgan fingerprint density at radius 1 is 1.03 bits per heavy atom. The highest BCUT2D eigenvalue weighted by atomic mass is 19.1.